The topological polar surface area (TPSA) is 58.5 Å². The zero-order chi connectivity index (χ0) is 18.3. The van der Waals surface area contributed by atoms with Crippen molar-refractivity contribution in [3.8, 4) is 0 Å². The van der Waals surface area contributed by atoms with E-state index in [0.717, 1.165) is 23.1 Å². The van der Waals surface area contributed by atoms with Crippen LogP contribution in [0, 0.1) is 0 Å². The van der Waals surface area contributed by atoms with Crippen LogP contribution in [-0.2, 0) is 16.9 Å². The summed E-state index contributed by atoms with van der Waals surface area (Å²) in [7, 11) is 0. The molecule has 1 aromatic heterocycles. The van der Waals surface area contributed by atoms with Gasteiger partial charge in [-0.2, -0.15) is 0 Å². The van der Waals surface area contributed by atoms with Gasteiger partial charge in [-0.1, -0.05) is 36.4 Å². The summed E-state index contributed by atoms with van der Waals surface area (Å²) in [5.41, 5.74) is 3.08. The molecule has 2 saturated heterocycles. The number of nitrogens with zero attached hydrogens (tertiary/aromatic N) is 3. The summed E-state index contributed by atoms with van der Waals surface area (Å²) in [4.78, 5) is 11.2. The van der Waals surface area contributed by atoms with Gasteiger partial charge in [0.05, 0.1) is 29.8 Å². The Morgan fingerprint density at radius 3 is 2.41 bits per heavy atom. The first-order valence-corrected chi connectivity index (χ1v) is 9.52. The van der Waals surface area contributed by atoms with Crippen LogP contribution in [0.5, 0.6) is 0 Å². The van der Waals surface area contributed by atoms with E-state index in [1.54, 1.807) is 12.4 Å². The molecule has 3 heterocycles. The lowest BCUT2D eigenvalue weighted by Crippen LogP contribution is -2.60. The van der Waals surface area contributed by atoms with Gasteiger partial charge >= 0.3 is 0 Å². The molecule has 138 valence electrons. The Hall–Kier alpha value is -2.34. The third-order valence-corrected chi connectivity index (χ3v) is 5.92. The van der Waals surface area contributed by atoms with Crippen molar-refractivity contribution >= 4 is 11.0 Å². The second-order valence-electron chi connectivity index (χ2n) is 7.70. The summed E-state index contributed by atoms with van der Waals surface area (Å²) in [6.07, 6.45) is 4.73. The summed E-state index contributed by atoms with van der Waals surface area (Å²) in [5.74, 6) is 0. The quantitative estimate of drug-likeness (QED) is 0.777. The second kappa shape index (κ2) is 6.68. The highest BCUT2D eigenvalue weighted by Gasteiger charge is 2.46. The summed E-state index contributed by atoms with van der Waals surface area (Å²) in [5, 5.41) is 11.6. The van der Waals surface area contributed by atoms with Crippen molar-refractivity contribution < 1.29 is 9.84 Å². The molecule has 2 aliphatic rings. The van der Waals surface area contributed by atoms with E-state index in [1.165, 1.54) is 5.56 Å². The number of morpholine rings is 1. The Kier molecular flexibility index (Phi) is 4.16. The van der Waals surface area contributed by atoms with Gasteiger partial charge in [0, 0.05) is 31.0 Å². The molecule has 0 radical (unpaired) electrons. The number of aliphatic hydroxyl groups is 1. The highest BCUT2D eigenvalue weighted by Crippen LogP contribution is 2.42. The lowest BCUT2D eigenvalue weighted by Gasteiger charge is -2.52. The molecule has 0 aliphatic carbocycles. The fraction of sp³-hybridized carbons (Fsp3) is 0.364. The average molecular weight is 361 g/mol. The molecule has 0 amide bonds. The van der Waals surface area contributed by atoms with Crippen molar-refractivity contribution in [3.05, 3.63) is 72.1 Å². The van der Waals surface area contributed by atoms with Crippen LogP contribution in [0.1, 0.15) is 24.0 Å². The van der Waals surface area contributed by atoms with E-state index in [9.17, 15) is 5.11 Å². The molecule has 0 saturated carbocycles. The monoisotopic (exact) mass is 361 g/mol. The Balaban J connectivity index is 1.44. The van der Waals surface area contributed by atoms with Gasteiger partial charge in [0.25, 0.3) is 0 Å². The number of aromatic nitrogens is 2. The number of fused-ring (bicyclic) bond motifs is 3. The van der Waals surface area contributed by atoms with Crippen LogP contribution in [-0.4, -0.2) is 45.3 Å². The minimum atomic E-state index is -0.849. The van der Waals surface area contributed by atoms with Crippen LogP contribution in [0.25, 0.3) is 11.0 Å². The van der Waals surface area contributed by atoms with E-state index in [0.29, 0.717) is 26.1 Å². The minimum absolute atomic E-state index is 0.209. The molecule has 2 bridgehead atoms. The molecule has 2 aromatic carbocycles. The molecular weight excluding hydrogens is 338 g/mol. The van der Waals surface area contributed by atoms with Crippen LogP contribution in [0.3, 0.4) is 0 Å². The van der Waals surface area contributed by atoms with Crippen molar-refractivity contribution in [2.75, 3.05) is 13.2 Å². The van der Waals surface area contributed by atoms with Crippen molar-refractivity contribution in [3.63, 3.8) is 0 Å². The highest BCUT2D eigenvalue weighted by molar-refractivity contribution is 5.74. The zero-order valence-electron chi connectivity index (χ0n) is 15.2. The maximum Gasteiger partial charge on any atom is 0.0928 e. The maximum absolute atomic E-state index is 11.6. The molecule has 0 spiro atoms. The molecule has 5 rings (SSSR count). The molecule has 2 unspecified atom stereocenters. The van der Waals surface area contributed by atoms with Gasteiger partial charge in [-0.15, -0.1) is 0 Å². The van der Waals surface area contributed by atoms with Crippen molar-refractivity contribution in [1.82, 2.24) is 14.9 Å². The zero-order valence-corrected chi connectivity index (χ0v) is 15.2. The van der Waals surface area contributed by atoms with Gasteiger partial charge in [-0.05, 0) is 36.1 Å². The predicted octanol–water partition coefficient (Wildman–Crippen LogP) is 2.88. The van der Waals surface area contributed by atoms with E-state index < -0.39 is 5.60 Å². The summed E-state index contributed by atoms with van der Waals surface area (Å²) in [6.45, 7) is 2.23. The molecular formula is C22H23N3O2. The van der Waals surface area contributed by atoms with Crippen molar-refractivity contribution in [2.24, 2.45) is 0 Å². The van der Waals surface area contributed by atoms with E-state index in [1.807, 2.05) is 24.3 Å². The number of rotatable bonds is 3. The largest absolute Gasteiger partial charge is 0.385 e. The maximum atomic E-state index is 11.6. The van der Waals surface area contributed by atoms with Crippen LogP contribution in [0.15, 0.2) is 60.9 Å². The molecule has 27 heavy (non-hydrogen) atoms. The predicted molar refractivity (Wildman–Crippen MR) is 103 cm³/mol. The van der Waals surface area contributed by atoms with E-state index in [4.69, 9.17) is 4.74 Å². The van der Waals surface area contributed by atoms with Crippen molar-refractivity contribution in [2.45, 2.75) is 37.1 Å². The van der Waals surface area contributed by atoms with Crippen LogP contribution in [0.2, 0.25) is 0 Å². The van der Waals surface area contributed by atoms with Crippen molar-refractivity contribution in [1.29, 1.82) is 0 Å². The molecule has 5 nitrogen and oxygen atoms in total. The smallest absolute Gasteiger partial charge is 0.0928 e. The Morgan fingerprint density at radius 1 is 0.963 bits per heavy atom. The van der Waals surface area contributed by atoms with Crippen LogP contribution < -0.4 is 0 Å². The number of benzene rings is 2. The Labute approximate surface area is 158 Å². The standard InChI is InChI=1S/C22H23N3O2/c26-22(17-6-7-20-21(10-17)24-9-8-23-20)11-18-14-27-15-19(12-22)25(18)13-16-4-2-1-3-5-16/h1-10,18-19,26H,11-15H2. The Morgan fingerprint density at radius 2 is 1.67 bits per heavy atom. The van der Waals surface area contributed by atoms with Gasteiger partial charge in [-0.3, -0.25) is 14.9 Å². The molecule has 2 fully saturated rings. The lowest BCUT2D eigenvalue weighted by atomic mass is 9.76. The second-order valence-corrected chi connectivity index (χ2v) is 7.70. The number of ether oxygens (including phenoxy) is 1. The summed E-state index contributed by atoms with van der Waals surface area (Å²) in [6, 6.07) is 16.9. The third kappa shape index (κ3) is 3.12. The first-order valence-electron chi connectivity index (χ1n) is 9.52. The fourth-order valence-corrected chi connectivity index (χ4v) is 4.59. The van der Waals surface area contributed by atoms with Crippen LogP contribution in [0.4, 0.5) is 0 Å². The molecule has 3 aromatic rings. The van der Waals surface area contributed by atoms with Gasteiger partial charge < -0.3 is 9.84 Å². The van der Waals surface area contributed by atoms with E-state index in [2.05, 4.69) is 39.1 Å². The molecule has 2 atom stereocenters. The van der Waals surface area contributed by atoms with Gasteiger partial charge in [0.2, 0.25) is 0 Å². The SMILES string of the molecule is OC1(c2ccc3nccnc3c2)CC2COCC(C1)N2Cc1ccccc1. The van der Waals surface area contributed by atoms with Gasteiger partial charge in [0.15, 0.2) is 0 Å². The number of hydrogen-bond acceptors (Lipinski definition) is 5. The Bertz CT molecular complexity index is 932. The number of piperidine rings is 1. The first kappa shape index (κ1) is 16.8. The molecule has 5 heteroatoms. The summed E-state index contributed by atoms with van der Waals surface area (Å²) >= 11 is 0. The van der Waals surface area contributed by atoms with E-state index >= 15 is 0 Å². The third-order valence-electron chi connectivity index (χ3n) is 5.92. The lowest BCUT2D eigenvalue weighted by molar-refractivity contribution is -0.149. The first-order chi connectivity index (χ1) is 13.2. The summed E-state index contributed by atoms with van der Waals surface area (Å²) < 4.78 is 5.83. The fourth-order valence-electron chi connectivity index (χ4n) is 4.59. The molecule has 2 aliphatic heterocycles. The molecule has 1 N–H and O–H groups in total. The van der Waals surface area contributed by atoms with Gasteiger partial charge in [0.1, 0.15) is 0 Å². The number of hydrogen-bond donors (Lipinski definition) is 1. The van der Waals surface area contributed by atoms with Crippen LogP contribution >= 0.6 is 0 Å². The van der Waals surface area contributed by atoms with E-state index in [-0.39, 0.29) is 12.1 Å². The average Bonchev–Trinajstić information content (AvgIpc) is 2.69. The highest BCUT2D eigenvalue weighted by atomic mass is 16.5. The minimum Gasteiger partial charge on any atom is -0.385 e. The normalized spacial score (nSPS) is 28.3. The van der Waals surface area contributed by atoms with Gasteiger partial charge in [-0.25, -0.2) is 0 Å².